The highest BCUT2D eigenvalue weighted by atomic mass is 16.4. The average Bonchev–Trinajstić information content (AvgIpc) is 2.77. The van der Waals surface area contributed by atoms with Crippen LogP contribution in [-0.4, -0.2) is 10.9 Å². The Morgan fingerprint density at radius 1 is 1.31 bits per heavy atom. The number of hydrogen-bond acceptors (Lipinski definition) is 2. The minimum Gasteiger partial charge on any atom is -0.411 e. The van der Waals surface area contributed by atoms with E-state index in [0.717, 1.165) is 24.0 Å². The van der Waals surface area contributed by atoms with E-state index in [1.54, 1.807) is 0 Å². The molecule has 13 heavy (non-hydrogen) atoms. The Balaban J connectivity index is 1.96. The topological polar surface area (TPSA) is 32.6 Å². The van der Waals surface area contributed by atoms with Gasteiger partial charge in [0.15, 0.2) is 0 Å². The lowest BCUT2D eigenvalue weighted by molar-refractivity contribution is 0.283. The van der Waals surface area contributed by atoms with Gasteiger partial charge >= 0.3 is 0 Å². The van der Waals surface area contributed by atoms with Crippen molar-refractivity contribution in [3.63, 3.8) is 0 Å². The van der Waals surface area contributed by atoms with Gasteiger partial charge in [-0.25, -0.2) is 0 Å². The Kier molecular flexibility index (Phi) is 1.52. The zero-order valence-corrected chi connectivity index (χ0v) is 7.69. The molecule has 0 aromatic rings. The van der Waals surface area contributed by atoms with E-state index in [4.69, 9.17) is 5.21 Å². The van der Waals surface area contributed by atoms with E-state index in [2.05, 4.69) is 17.3 Å². The maximum Gasteiger partial charge on any atom is 0.0610 e. The molecule has 4 unspecified atom stereocenters. The number of fused-ring (bicyclic) bond motifs is 5. The summed E-state index contributed by atoms with van der Waals surface area (Å²) in [5.74, 6) is 2.89. The number of oxime groups is 1. The van der Waals surface area contributed by atoms with Crippen molar-refractivity contribution in [3.05, 3.63) is 12.2 Å². The van der Waals surface area contributed by atoms with Crippen molar-refractivity contribution in [2.24, 2.45) is 28.8 Å². The van der Waals surface area contributed by atoms with E-state index in [1.165, 1.54) is 19.3 Å². The summed E-state index contributed by atoms with van der Waals surface area (Å²) in [6.07, 6.45) is 9.62. The van der Waals surface area contributed by atoms with Gasteiger partial charge in [-0.3, -0.25) is 0 Å². The van der Waals surface area contributed by atoms with Gasteiger partial charge in [0.25, 0.3) is 0 Å². The van der Waals surface area contributed by atoms with Crippen LogP contribution >= 0.6 is 0 Å². The van der Waals surface area contributed by atoms with Crippen molar-refractivity contribution >= 4 is 5.71 Å². The predicted octanol–water partition coefficient (Wildman–Crippen LogP) is 2.44. The van der Waals surface area contributed by atoms with Gasteiger partial charge in [0.05, 0.1) is 5.71 Å². The average molecular weight is 177 g/mol. The SMILES string of the molecule is O/N=C1\CCCC2C3C=CC(C3)C12. The third-order valence-electron chi connectivity index (χ3n) is 4.11. The molecule has 3 aliphatic carbocycles. The Labute approximate surface area is 78.3 Å². The van der Waals surface area contributed by atoms with Crippen molar-refractivity contribution in [1.82, 2.24) is 0 Å². The van der Waals surface area contributed by atoms with Crippen LogP contribution in [0.5, 0.6) is 0 Å². The van der Waals surface area contributed by atoms with Crippen molar-refractivity contribution in [2.75, 3.05) is 0 Å². The summed E-state index contributed by atoms with van der Waals surface area (Å²) in [5, 5.41) is 12.4. The Morgan fingerprint density at radius 2 is 2.15 bits per heavy atom. The maximum atomic E-state index is 8.93. The van der Waals surface area contributed by atoms with Crippen LogP contribution in [0.15, 0.2) is 17.3 Å². The van der Waals surface area contributed by atoms with Crippen LogP contribution in [0.4, 0.5) is 0 Å². The van der Waals surface area contributed by atoms with Crippen LogP contribution in [0.1, 0.15) is 25.7 Å². The van der Waals surface area contributed by atoms with Gasteiger partial charge in [-0.05, 0) is 43.4 Å². The molecule has 2 nitrogen and oxygen atoms in total. The van der Waals surface area contributed by atoms with Crippen LogP contribution in [-0.2, 0) is 0 Å². The third kappa shape index (κ3) is 0.917. The first kappa shape index (κ1) is 7.60. The highest BCUT2D eigenvalue weighted by Gasteiger charge is 2.47. The molecular formula is C11H15NO. The Morgan fingerprint density at radius 3 is 3.00 bits per heavy atom. The zero-order valence-electron chi connectivity index (χ0n) is 7.69. The summed E-state index contributed by atoms with van der Waals surface area (Å²) in [6, 6.07) is 0. The second-order valence-electron chi connectivity index (χ2n) is 4.62. The molecule has 1 N–H and O–H groups in total. The lowest BCUT2D eigenvalue weighted by Crippen LogP contribution is -2.31. The zero-order chi connectivity index (χ0) is 8.84. The molecule has 0 aromatic carbocycles. The largest absolute Gasteiger partial charge is 0.411 e. The second kappa shape index (κ2) is 2.60. The van der Waals surface area contributed by atoms with E-state index in [0.29, 0.717) is 11.8 Å². The second-order valence-corrected chi connectivity index (χ2v) is 4.62. The quantitative estimate of drug-likeness (QED) is 0.344. The smallest absolute Gasteiger partial charge is 0.0610 e. The molecule has 3 aliphatic rings. The molecular weight excluding hydrogens is 162 g/mol. The molecule has 70 valence electrons. The fraction of sp³-hybridized carbons (Fsp3) is 0.727. The van der Waals surface area contributed by atoms with Gasteiger partial charge in [0.2, 0.25) is 0 Å². The summed E-state index contributed by atoms with van der Waals surface area (Å²) in [6.45, 7) is 0. The van der Waals surface area contributed by atoms with E-state index in [9.17, 15) is 0 Å². The molecule has 0 saturated heterocycles. The molecule has 2 bridgehead atoms. The number of nitrogens with zero attached hydrogens (tertiary/aromatic N) is 1. The summed E-state index contributed by atoms with van der Waals surface area (Å²) in [5.41, 5.74) is 1.08. The van der Waals surface area contributed by atoms with Gasteiger partial charge in [0, 0.05) is 5.92 Å². The van der Waals surface area contributed by atoms with Gasteiger partial charge in [0.1, 0.15) is 0 Å². The first-order chi connectivity index (χ1) is 6.40. The Bertz CT molecular complexity index is 282. The summed E-state index contributed by atoms with van der Waals surface area (Å²) in [4.78, 5) is 0. The van der Waals surface area contributed by atoms with E-state index >= 15 is 0 Å². The molecule has 0 amide bonds. The first-order valence-electron chi connectivity index (χ1n) is 5.29. The molecule has 0 radical (unpaired) electrons. The lowest BCUT2D eigenvalue weighted by atomic mass is 9.72. The minimum absolute atomic E-state index is 0.591. The molecule has 0 spiro atoms. The van der Waals surface area contributed by atoms with Gasteiger partial charge in [-0.1, -0.05) is 17.3 Å². The molecule has 2 fully saturated rings. The third-order valence-corrected chi connectivity index (χ3v) is 4.11. The Hall–Kier alpha value is -0.790. The van der Waals surface area contributed by atoms with Crippen LogP contribution < -0.4 is 0 Å². The maximum absolute atomic E-state index is 8.93. The van der Waals surface area contributed by atoms with Crippen molar-refractivity contribution < 1.29 is 5.21 Å². The molecule has 2 heteroatoms. The number of rotatable bonds is 0. The molecule has 4 atom stereocenters. The molecule has 0 aliphatic heterocycles. The number of allylic oxidation sites excluding steroid dienone is 2. The first-order valence-corrected chi connectivity index (χ1v) is 5.29. The lowest BCUT2D eigenvalue weighted by Gasteiger charge is -2.32. The highest BCUT2D eigenvalue weighted by molar-refractivity contribution is 5.88. The summed E-state index contributed by atoms with van der Waals surface area (Å²) in [7, 11) is 0. The van der Waals surface area contributed by atoms with Crippen molar-refractivity contribution in [1.29, 1.82) is 0 Å². The predicted molar refractivity (Wildman–Crippen MR) is 50.8 cm³/mol. The fourth-order valence-corrected chi connectivity index (χ4v) is 3.61. The summed E-state index contributed by atoms with van der Waals surface area (Å²) >= 11 is 0. The summed E-state index contributed by atoms with van der Waals surface area (Å²) < 4.78 is 0. The van der Waals surface area contributed by atoms with Gasteiger partial charge < -0.3 is 5.21 Å². The minimum atomic E-state index is 0.591. The van der Waals surface area contributed by atoms with E-state index in [-0.39, 0.29) is 0 Å². The van der Waals surface area contributed by atoms with E-state index in [1.807, 2.05) is 0 Å². The van der Waals surface area contributed by atoms with Crippen LogP contribution in [0, 0.1) is 23.7 Å². The molecule has 0 aromatic heterocycles. The van der Waals surface area contributed by atoms with Gasteiger partial charge in [-0.15, -0.1) is 0 Å². The van der Waals surface area contributed by atoms with E-state index < -0.39 is 0 Å². The van der Waals surface area contributed by atoms with Crippen LogP contribution in [0.2, 0.25) is 0 Å². The van der Waals surface area contributed by atoms with Crippen molar-refractivity contribution in [3.8, 4) is 0 Å². The van der Waals surface area contributed by atoms with Crippen LogP contribution in [0.25, 0.3) is 0 Å². The molecule has 2 saturated carbocycles. The van der Waals surface area contributed by atoms with Gasteiger partial charge in [-0.2, -0.15) is 0 Å². The normalized spacial score (nSPS) is 50.0. The number of hydrogen-bond donors (Lipinski definition) is 1. The van der Waals surface area contributed by atoms with Crippen molar-refractivity contribution in [2.45, 2.75) is 25.7 Å². The van der Waals surface area contributed by atoms with Crippen LogP contribution in [0.3, 0.4) is 0 Å². The molecule has 0 heterocycles. The monoisotopic (exact) mass is 177 g/mol. The standard InChI is InChI=1S/C11H15NO/c13-12-10-3-1-2-9-7-4-5-8(6-7)11(9)10/h4-5,7-9,11,13H,1-3,6H2/b12-10+. The molecule has 3 rings (SSSR count). The fourth-order valence-electron chi connectivity index (χ4n) is 3.61. The highest BCUT2D eigenvalue weighted by Crippen LogP contribution is 2.52.